The average Bonchev–Trinajstić information content (AvgIpc) is 1.95. The third kappa shape index (κ3) is 9.16. The lowest BCUT2D eigenvalue weighted by Crippen LogP contribution is -2.42. The zero-order valence-electron chi connectivity index (χ0n) is 10.3. The van der Waals surface area contributed by atoms with E-state index in [2.05, 4.69) is 10.1 Å². The first kappa shape index (κ1) is 15.2. The Kier molecular flexibility index (Phi) is 5.43. The van der Waals surface area contributed by atoms with E-state index >= 15 is 0 Å². The zero-order valence-corrected chi connectivity index (χ0v) is 10.3. The van der Waals surface area contributed by atoms with Crippen LogP contribution in [0.3, 0.4) is 0 Å². The van der Waals surface area contributed by atoms with Crippen molar-refractivity contribution in [3.63, 3.8) is 0 Å². The molecule has 0 saturated carbocycles. The van der Waals surface area contributed by atoms with Gasteiger partial charge in [0.15, 0.2) is 6.23 Å². The number of carbonyl (C=O) groups is 3. The highest BCUT2D eigenvalue weighted by Crippen LogP contribution is 2.07. The van der Waals surface area contributed by atoms with Crippen LogP contribution in [0.1, 0.15) is 34.1 Å². The van der Waals surface area contributed by atoms with Crippen molar-refractivity contribution in [3.8, 4) is 0 Å². The third-order valence-electron chi connectivity index (χ3n) is 1.35. The first-order valence-corrected chi connectivity index (χ1v) is 4.98. The number of alkyl carbamates (subject to hydrolysis) is 1. The Morgan fingerprint density at radius 3 is 2.18 bits per heavy atom. The SMILES string of the molecule is CC(=O)OC(CC(=O)O)NC(=O)OC(C)(C)C. The molecule has 0 aromatic carbocycles. The Balaban J connectivity index is 4.37. The molecule has 17 heavy (non-hydrogen) atoms. The van der Waals surface area contributed by atoms with Crippen LogP contribution in [-0.2, 0) is 19.1 Å². The summed E-state index contributed by atoms with van der Waals surface area (Å²) in [5, 5.41) is 10.7. The van der Waals surface area contributed by atoms with Gasteiger partial charge in [-0.1, -0.05) is 0 Å². The van der Waals surface area contributed by atoms with Crippen LogP contribution in [-0.4, -0.2) is 35.0 Å². The lowest BCUT2D eigenvalue weighted by atomic mass is 10.2. The first-order chi connectivity index (χ1) is 7.60. The Morgan fingerprint density at radius 1 is 1.29 bits per heavy atom. The summed E-state index contributed by atoms with van der Waals surface area (Å²) in [4.78, 5) is 32.5. The maximum atomic E-state index is 11.3. The number of carbonyl (C=O) groups excluding carboxylic acids is 2. The van der Waals surface area contributed by atoms with Gasteiger partial charge in [0.1, 0.15) is 12.0 Å². The number of amides is 1. The molecule has 0 saturated heterocycles. The second kappa shape index (κ2) is 6.07. The summed E-state index contributed by atoms with van der Waals surface area (Å²) in [5.74, 6) is -1.89. The summed E-state index contributed by atoms with van der Waals surface area (Å²) in [6, 6.07) is 0. The molecule has 7 heteroatoms. The van der Waals surface area contributed by atoms with Crippen molar-refractivity contribution in [3.05, 3.63) is 0 Å². The second-order valence-corrected chi connectivity index (χ2v) is 4.34. The van der Waals surface area contributed by atoms with Gasteiger partial charge in [-0.3, -0.25) is 14.9 Å². The maximum absolute atomic E-state index is 11.3. The van der Waals surface area contributed by atoms with Crippen LogP contribution >= 0.6 is 0 Å². The molecule has 1 unspecified atom stereocenters. The first-order valence-electron chi connectivity index (χ1n) is 4.98. The Hall–Kier alpha value is -1.79. The van der Waals surface area contributed by atoms with Gasteiger partial charge in [0, 0.05) is 6.92 Å². The van der Waals surface area contributed by atoms with Crippen molar-refractivity contribution in [2.24, 2.45) is 0 Å². The van der Waals surface area contributed by atoms with Gasteiger partial charge in [0.2, 0.25) is 0 Å². The molecule has 0 fully saturated rings. The highest BCUT2D eigenvalue weighted by Gasteiger charge is 2.22. The van der Waals surface area contributed by atoms with Crippen molar-refractivity contribution >= 4 is 18.0 Å². The van der Waals surface area contributed by atoms with Crippen molar-refractivity contribution in [2.45, 2.75) is 45.9 Å². The van der Waals surface area contributed by atoms with Gasteiger partial charge in [0.05, 0.1) is 0 Å². The number of rotatable bonds is 4. The lowest BCUT2D eigenvalue weighted by Gasteiger charge is -2.22. The average molecular weight is 247 g/mol. The molecule has 2 N–H and O–H groups in total. The molecule has 0 aliphatic rings. The fraction of sp³-hybridized carbons (Fsp3) is 0.700. The minimum absolute atomic E-state index is 0.529. The summed E-state index contributed by atoms with van der Waals surface area (Å²) in [5.41, 5.74) is -0.714. The highest BCUT2D eigenvalue weighted by atomic mass is 16.6. The molecule has 0 spiro atoms. The van der Waals surface area contributed by atoms with Crippen LogP contribution in [0.4, 0.5) is 4.79 Å². The van der Waals surface area contributed by atoms with E-state index in [-0.39, 0.29) is 0 Å². The van der Waals surface area contributed by atoms with E-state index in [0.29, 0.717) is 0 Å². The van der Waals surface area contributed by atoms with Crippen molar-refractivity contribution in [2.75, 3.05) is 0 Å². The summed E-state index contributed by atoms with van der Waals surface area (Å²) in [7, 11) is 0. The lowest BCUT2D eigenvalue weighted by molar-refractivity contribution is -0.152. The normalized spacial score (nSPS) is 12.5. The molecule has 1 atom stereocenters. The Labute approximate surface area is 99.1 Å². The quantitative estimate of drug-likeness (QED) is 0.564. The van der Waals surface area contributed by atoms with E-state index in [9.17, 15) is 14.4 Å². The molecule has 0 rings (SSSR count). The van der Waals surface area contributed by atoms with Crippen LogP contribution in [0, 0.1) is 0 Å². The number of carboxylic acids is 1. The molecule has 0 radical (unpaired) electrons. The smallest absolute Gasteiger partial charge is 0.410 e. The van der Waals surface area contributed by atoms with Crippen molar-refractivity contribution in [1.29, 1.82) is 0 Å². The fourth-order valence-electron chi connectivity index (χ4n) is 0.920. The number of hydrogen-bond donors (Lipinski definition) is 2. The van der Waals surface area contributed by atoms with Crippen molar-refractivity contribution < 1.29 is 29.0 Å². The van der Waals surface area contributed by atoms with Crippen LogP contribution in [0.25, 0.3) is 0 Å². The van der Waals surface area contributed by atoms with Gasteiger partial charge in [-0.2, -0.15) is 0 Å². The fourth-order valence-corrected chi connectivity index (χ4v) is 0.920. The number of ether oxygens (including phenoxy) is 2. The molecular formula is C10H17NO6. The zero-order chi connectivity index (χ0) is 13.6. The monoisotopic (exact) mass is 247 g/mol. The molecule has 1 amide bonds. The van der Waals surface area contributed by atoms with E-state index in [1.54, 1.807) is 20.8 Å². The van der Waals surface area contributed by atoms with Crippen LogP contribution in [0.5, 0.6) is 0 Å². The molecule has 0 bridgehead atoms. The predicted octanol–water partition coefficient (Wildman–Crippen LogP) is 0.875. The standard InChI is InChI=1S/C10H17NO6/c1-6(12)16-7(5-8(13)14)11-9(15)17-10(2,3)4/h7H,5H2,1-4H3,(H,11,15)(H,13,14). The predicted molar refractivity (Wildman–Crippen MR) is 57.2 cm³/mol. The maximum Gasteiger partial charge on any atom is 0.410 e. The summed E-state index contributed by atoms with van der Waals surface area (Å²) in [6.45, 7) is 6.09. The van der Waals surface area contributed by atoms with Gasteiger partial charge in [-0.25, -0.2) is 4.79 Å². The third-order valence-corrected chi connectivity index (χ3v) is 1.35. The number of nitrogens with one attached hydrogen (secondary N) is 1. The van der Waals surface area contributed by atoms with Crippen LogP contribution in [0.2, 0.25) is 0 Å². The van der Waals surface area contributed by atoms with Crippen LogP contribution < -0.4 is 5.32 Å². The molecule has 7 nitrogen and oxygen atoms in total. The van der Waals surface area contributed by atoms with E-state index < -0.39 is 36.3 Å². The highest BCUT2D eigenvalue weighted by molar-refractivity contribution is 5.73. The number of hydrogen-bond acceptors (Lipinski definition) is 5. The van der Waals surface area contributed by atoms with E-state index in [0.717, 1.165) is 6.92 Å². The second-order valence-electron chi connectivity index (χ2n) is 4.34. The van der Waals surface area contributed by atoms with E-state index in [1.807, 2.05) is 0 Å². The Bertz CT molecular complexity index is 290. The molecular weight excluding hydrogens is 230 g/mol. The molecule has 0 aromatic rings. The van der Waals surface area contributed by atoms with Gasteiger partial charge in [-0.05, 0) is 20.8 Å². The summed E-state index contributed by atoms with van der Waals surface area (Å²) < 4.78 is 9.51. The summed E-state index contributed by atoms with van der Waals surface area (Å²) >= 11 is 0. The van der Waals surface area contributed by atoms with Gasteiger partial charge >= 0.3 is 18.0 Å². The molecule has 0 aromatic heterocycles. The minimum atomic E-state index is -1.24. The van der Waals surface area contributed by atoms with Gasteiger partial charge in [0.25, 0.3) is 0 Å². The van der Waals surface area contributed by atoms with Gasteiger partial charge in [-0.15, -0.1) is 0 Å². The molecule has 0 aliphatic heterocycles. The minimum Gasteiger partial charge on any atom is -0.481 e. The number of esters is 1. The Morgan fingerprint density at radius 2 is 1.82 bits per heavy atom. The van der Waals surface area contributed by atoms with Gasteiger partial charge < -0.3 is 14.6 Å². The van der Waals surface area contributed by atoms with E-state index in [4.69, 9.17) is 9.84 Å². The number of aliphatic carboxylic acids is 1. The largest absolute Gasteiger partial charge is 0.481 e. The summed E-state index contributed by atoms with van der Waals surface area (Å²) in [6.07, 6.45) is -2.61. The number of carboxylic acid groups (broad SMARTS) is 1. The van der Waals surface area contributed by atoms with E-state index in [1.165, 1.54) is 0 Å². The molecule has 0 heterocycles. The van der Waals surface area contributed by atoms with Crippen LogP contribution in [0.15, 0.2) is 0 Å². The molecule has 0 aliphatic carbocycles. The topological polar surface area (TPSA) is 102 Å². The van der Waals surface area contributed by atoms with Crippen molar-refractivity contribution in [1.82, 2.24) is 5.32 Å². The molecule has 98 valence electrons.